The van der Waals surface area contributed by atoms with E-state index in [2.05, 4.69) is 25.3 Å². The van der Waals surface area contributed by atoms with Gasteiger partial charge >= 0.3 is 6.18 Å². The molecule has 3 aromatic rings. The molecule has 10 heteroatoms. The normalized spacial score (nSPS) is 18.3. The number of fused-ring (bicyclic) bond motifs is 1. The highest BCUT2D eigenvalue weighted by atomic mass is 19.4. The predicted molar refractivity (Wildman–Crippen MR) is 91.2 cm³/mol. The quantitative estimate of drug-likeness (QED) is 0.683. The first-order valence-corrected chi connectivity index (χ1v) is 8.40. The van der Waals surface area contributed by atoms with Gasteiger partial charge < -0.3 is 9.64 Å². The summed E-state index contributed by atoms with van der Waals surface area (Å²) in [5.74, 6) is 0.483. The number of ether oxygens (including phenoxy) is 1. The van der Waals surface area contributed by atoms with Crippen molar-refractivity contribution in [3.63, 3.8) is 0 Å². The number of rotatable bonds is 2. The molecule has 3 heterocycles. The molecule has 27 heavy (non-hydrogen) atoms. The lowest BCUT2D eigenvalue weighted by molar-refractivity contribution is -0.137. The van der Waals surface area contributed by atoms with Gasteiger partial charge in [-0.1, -0.05) is 6.07 Å². The summed E-state index contributed by atoms with van der Waals surface area (Å²) >= 11 is 0. The van der Waals surface area contributed by atoms with Crippen LogP contribution >= 0.6 is 0 Å². The Kier molecular flexibility index (Phi) is 4.22. The molecule has 1 aliphatic rings. The zero-order chi connectivity index (χ0) is 19.2. The molecule has 1 atom stereocenters. The maximum atomic E-state index is 13.0. The molecule has 142 valence electrons. The van der Waals surface area contributed by atoms with E-state index in [9.17, 15) is 13.2 Å². The minimum Gasteiger partial charge on any atom is -0.366 e. The molecule has 0 amide bonds. The fourth-order valence-electron chi connectivity index (χ4n) is 3.23. The highest BCUT2D eigenvalue weighted by molar-refractivity contribution is 5.92. The largest absolute Gasteiger partial charge is 0.416 e. The predicted octanol–water partition coefficient (Wildman–Crippen LogP) is 2.66. The number of benzene rings is 1. The Bertz CT molecular complexity index is 986. The Labute approximate surface area is 152 Å². The first-order valence-electron chi connectivity index (χ1n) is 8.40. The Morgan fingerprint density at radius 3 is 2.74 bits per heavy atom. The van der Waals surface area contributed by atoms with Crippen LogP contribution in [0, 0.1) is 6.92 Å². The Morgan fingerprint density at radius 1 is 1.22 bits per heavy atom. The standard InChI is InChI=1S/C17H17F3N6O/c1-10-7-14(12-4-3-11(17(18,19)20)8-13(12)21-10)26-5-6-27-15(9-26)16-22-24-25(2)23-16/h3-4,7-8,15H,5-6,9H2,1-2H3. The topological polar surface area (TPSA) is 69.0 Å². The summed E-state index contributed by atoms with van der Waals surface area (Å²) in [5.41, 5.74) is 1.09. The van der Waals surface area contributed by atoms with Gasteiger partial charge in [0, 0.05) is 23.3 Å². The van der Waals surface area contributed by atoms with E-state index in [-0.39, 0.29) is 6.10 Å². The Balaban J connectivity index is 1.72. The average Bonchev–Trinajstić information content (AvgIpc) is 3.06. The van der Waals surface area contributed by atoms with Crippen LogP contribution in [0.4, 0.5) is 18.9 Å². The van der Waals surface area contributed by atoms with Gasteiger partial charge in [-0.25, -0.2) is 0 Å². The van der Waals surface area contributed by atoms with E-state index in [1.54, 1.807) is 14.0 Å². The third-order valence-electron chi connectivity index (χ3n) is 4.46. The molecule has 1 unspecified atom stereocenters. The van der Waals surface area contributed by atoms with E-state index in [1.165, 1.54) is 10.9 Å². The molecule has 1 saturated heterocycles. The van der Waals surface area contributed by atoms with Crippen LogP contribution in [0.5, 0.6) is 0 Å². The number of aryl methyl sites for hydroxylation is 2. The number of anilines is 1. The van der Waals surface area contributed by atoms with Crippen molar-refractivity contribution in [1.29, 1.82) is 0 Å². The summed E-state index contributed by atoms with van der Waals surface area (Å²) in [6.45, 7) is 3.30. The molecule has 1 aliphatic heterocycles. The van der Waals surface area contributed by atoms with Crippen molar-refractivity contribution in [2.24, 2.45) is 7.05 Å². The van der Waals surface area contributed by atoms with Crippen molar-refractivity contribution in [3.05, 3.63) is 41.3 Å². The maximum Gasteiger partial charge on any atom is 0.416 e. The summed E-state index contributed by atoms with van der Waals surface area (Å²) in [6.07, 6.45) is -4.76. The van der Waals surface area contributed by atoms with Crippen molar-refractivity contribution in [2.75, 3.05) is 24.6 Å². The van der Waals surface area contributed by atoms with Gasteiger partial charge in [0.15, 0.2) is 0 Å². The number of morpholine rings is 1. The average molecular weight is 378 g/mol. The number of pyridine rings is 1. The van der Waals surface area contributed by atoms with Crippen molar-refractivity contribution in [1.82, 2.24) is 25.2 Å². The number of aromatic nitrogens is 5. The molecule has 0 N–H and O–H groups in total. The van der Waals surface area contributed by atoms with Gasteiger partial charge in [0.25, 0.3) is 0 Å². The van der Waals surface area contributed by atoms with Crippen molar-refractivity contribution in [3.8, 4) is 0 Å². The molecule has 1 aromatic carbocycles. The van der Waals surface area contributed by atoms with Crippen LogP contribution in [0.3, 0.4) is 0 Å². The van der Waals surface area contributed by atoms with Crippen molar-refractivity contribution < 1.29 is 17.9 Å². The highest BCUT2D eigenvalue weighted by Crippen LogP contribution is 2.35. The fourth-order valence-corrected chi connectivity index (χ4v) is 3.23. The number of halogens is 3. The minimum absolute atomic E-state index is 0.320. The summed E-state index contributed by atoms with van der Waals surface area (Å²) in [6, 6.07) is 5.53. The summed E-state index contributed by atoms with van der Waals surface area (Å²) in [4.78, 5) is 7.72. The van der Waals surface area contributed by atoms with E-state index in [4.69, 9.17) is 4.74 Å². The molecular weight excluding hydrogens is 361 g/mol. The molecule has 1 fully saturated rings. The second-order valence-corrected chi connectivity index (χ2v) is 6.45. The van der Waals surface area contributed by atoms with E-state index < -0.39 is 11.7 Å². The van der Waals surface area contributed by atoms with Crippen LogP contribution in [-0.4, -0.2) is 44.9 Å². The zero-order valence-electron chi connectivity index (χ0n) is 14.7. The Hall–Kier alpha value is -2.75. The van der Waals surface area contributed by atoms with Crippen LogP contribution < -0.4 is 4.90 Å². The maximum absolute atomic E-state index is 13.0. The van der Waals surface area contributed by atoms with Crippen molar-refractivity contribution >= 4 is 16.6 Å². The van der Waals surface area contributed by atoms with Gasteiger partial charge in [-0.2, -0.15) is 18.0 Å². The van der Waals surface area contributed by atoms with Crippen LogP contribution in [0.25, 0.3) is 10.9 Å². The molecule has 0 bridgehead atoms. The molecule has 2 aromatic heterocycles. The molecule has 4 rings (SSSR count). The van der Waals surface area contributed by atoms with Gasteiger partial charge in [0.1, 0.15) is 6.10 Å². The summed E-state index contributed by atoms with van der Waals surface area (Å²) < 4.78 is 44.9. The van der Waals surface area contributed by atoms with E-state index >= 15 is 0 Å². The van der Waals surface area contributed by atoms with E-state index in [1.807, 2.05) is 6.07 Å². The van der Waals surface area contributed by atoms with Crippen LogP contribution in [-0.2, 0) is 18.0 Å². The molecular formula is C17H17F3N6O. The van der Waals surface area contributed by atoms with Crippen molar-refractivity contribution in [2.45, 2.75) is 19.2 Å². The van der Waals surface area contributed by atoms with Gasteiger partial charge in [-0.15, -0.1) is 10.2 Å². The smallest absolute Gasteiger partial charge is 0.366 e. The van der Waals surface area contributed by atoms with Gasteiger partial charge in [0.2, 0.25) is 5.82 Å². The van der Waals surface area contributed by atoms with Gasteiger partial charge in [-0.05, 0) is 30.3 Å². The third kappa shape index (κ3) is 3.44. The number of hydrogen-bond acceptors (Lipinski definition) is 6. The number of alkyl halides is 3. The first kappa shape index (κ1) is 17.7. The lowest BCUT2D eigenvalue weighted by atomic mass is 10.1. The molecule has 0 saturated carbocycles. The minimum atomic E-state index is -4.40. The second-order valence-electron chi connectivity index (χ2n) is 6.45. The number of nitrogens with zero attached hydrogens (tertiary/aromatic N) is 6. The van der Waals surface area contributed by atoms with Gasteiger partial charge in [-0.3, -0.25) is 4.98 Å². The lowest BCUT2D eigenvalue weighted by Gasteiger charge is -2.34. The molecule has 7 nitrogen and oxygen atoms in total. The van der Waals surface area contributed by atoms with E-state index in [0.717, 1.165) is 17.8 Å². The zero-order valence-corrected chi connectivity index (χ0v) is 14.7. The van der Waals surface area contributed by atoms with Gasteiger partial charge in [0.05, 0.1) is 31.3 Å². The fraction of sp³-hybridized carbons (Fsp3) is 0.412. The van der Waals surface area contributed by atoms with Crippen LogP contribution in [0.1, 0.15) is 23.2 Å². The molecule has 0 aliphatic carbocycles. The highest BCUT2D eigenvalue weighted by Gasteiger charge is 2.31. The number of hydrogen-bond donors (Lipinski definition) is 0. The van der Waals surface area contributed by atoms with E-state index in [0.29, 0.717) is 42.1 Å². The second kappa shape index (κ2) is 6.45. The molecule has 0 radical (unpaired) electrons. The monoisotopic (exact) mass is 378 g/mol. The third-order valence-corrected chi connectivity index (χ3v) is 4.46. The van der Waals surface area contributed by atoms with Crippen LogP contribution in [0.2, 0.25) is 0 Å². The SMILES string of the molecule is Cc1cc(N2CCOC(c3nnn(C)n3)C2)c2ccc(C(F)(F)F)cc2n1. The summed E-state index contributed by atoms with van der Waals surface area (Å²) in [5, 5.41) is 12.7. The molecule has 0 spiro atoms. The Morgan fingerprint density at radius 2 is 2.04 bits per heavy atom. The number of tetrazole rings is 1. The van der Waals surface area contributed by atoms with Crippen LogP contribution in [0.15, 0.2) is 24.3 Å². The summed E-state index contributed by atoms with van der Waals surface area (Å²) in [7, 11) is 1.68. The lowest BCUT2D eigenvalue weighted by Crippen LogP contribution is -2.39. The first-order chi connectivity index (χ1) is 12.8.